The molecule has 7 nitrogen and oxygen atoms in total. The Morgan fingerprint density at radius 1 is 1.12 bits per heavy atom. The highest BCUT2D eigenvalue weighted by Crippen LogP contribution is 2.32. The predicted molar refractivity (Wildman–Crippen MR) is 119 cm³/mol. The van der Waals surface area contributed by atoms with E-state index in [9.17, 15) is 22.0 Å². The van der Waals surface area contributed by atoms with Crippen molar-refractivity contribution in [2.75, 3.05) is 5.32 Å². The molecule has 3 aromatic rings. The van der Waals surface area contributed by atoms with Crippen molar-refractivity contribution < 1.29 is 26.7 Å². The molecule has 0 bridgehead atoms. The van der Waals surface area contributed by atoms with Crippen LogP contribution in [0.5, 0.6) is 5.75 Å². The van der Waals surface area contributed by atoms with Crippen molar-refractivity contribution in [1.82, 2.24) is 9.71 Å². The van der Waals surface area contributed by atoms with Gasteiger partial charge in [-0.15, -0.1) is 11.3 Å². The van der Waals surface area contributed by atoms with E-state index in [2.05, 4.69) is 19.8 Å². The number of aromatic nitrogens is 1. The first-order valence-corrected chi connectivity index (χ1v) is 11.8. The molecule has 1 aromatic heterocycles. The molecule has 0 radical (unpaired) electrons. The maximum atomic E-state index is 12.7. The highest BCUT2D eigenvalue weighted by Gasteiger charge is 2.18. The van der Waals surface area contributed by atoms with Gasteiger partial charge in [0.15, 0.2) is 5.13 Å². The van der Waals surface area contributed by atoms with Gasteiger partial charge < -0.3 is 4.74 Å². The maximum Gasteiger partial charge on any atom is 0.387 e. The fraction of sp³-hybridized carbons (Fsp3) is 0.238. The van der Waals surface area contributed by atoms with Crippen molar-refractivity contribution in [3.63, 3.8) is 0 Å². The topological polar surface area (TPSA) is 97.4 Å². The van der Waals surface area contributed by atoms with Crippen LogP contribution in [-0.4, -0.2) is 32.0 Å². The zero-order valence-corrected chi connectivity index (χ0v) is 19.1. The molecule has 0 saturated heterocycles. The highest BCUT2D eigenvalue weighted by molar-refractivity contribution is 7.89. The summed E-state index contributed by atoms with van der Waals surface area (Å²) < 4.78 is 56.2. The van der Waals surface area contributed by atoms with Crippen LogP contribution >= 0.6 is 11.3 Å². The van der Waals surface area contributed by atoms with Crippen molar-refractivity contribution >= 4 is 32.4 Å². The van der Waals surface area contributed by atoms with Gasteiger partial charge in [-0.25, -0.2) is 18.1 Å². The van der Waals surface area contributed by atoms with Gasteiger partial charge in [-0.3, -0.25) is 10.1 Å². The third-order valence-corrected chi connectivity index (χ3v) is 6.71. The average molecular weight is 482 g/mol. The number of nitrogens with zero attached hydrogens (tertiary/aromatic N) is 1. The summed E-state index contributed by atoms with van der Waals surface area (Å²) in [5.41, 5.74) is 1.43. The second kappa shape index (κ2) is 9.72. The van der Waals surface area contributed by atoms with E-state index in [1.807, 2.05) is 6.92 Å². The van der Waals surface area contributed by atoms with Crippen LogP contribution in [0.15, 0.2) is 53.4 Å². The van der Waals surface area contributed by atoms with Crippen molar-refractivity contribution in [2.24, 2.45) is 0 Å². The Morgan fingerprint density at radius 3 is 2.44 bits per heavy atom. The van der Waals surface area contributed by atoms with E-state index in [-0.39, 0.29) is 22.3 Å². The highest BCUT2D eigenvalue weighted by atomic mass is 32.2. The Hall–Kier alpha value is -2.89. The molecule has 0 spiro atoms. The minimum atomic E-state index is -3.74. The number of hydrogen-bond acceptors (Lipinski definition) is 6. The first kappa shape index (κ1) is 23.8. The van der Waals surface area contributed by atoms with Gasteiger partial charge in [0.1, 0.15) is 5.75 Å². The summed E-state index contributed by atoms with van der Waals surface area (Å²) in [5.74, 6) is -0.473. The second-order valence-corrected chi connectivity index (χ2v) is 10.0. The lowest BCUT2D eigenvalue weighted by atomic mass is 10.1. The molecule has 0 aliphatic heterocycles. The van der Waals surface area contributed by atoms with Crippen LogP contribution < -0.4 is 14.8 Å². The van der Waals surface area contributed by atoms with Crippen LogP contribution in [0.1, 0.15) is 29.1 Å². The number of carbonyl (C=O) groups is 1. The fourth-order valence-electron chi connectivity index (χ4n) is 2.86. The predicted octanol–water partition coefficient (Wildman–Crippen LogP) is 4.66. The molecule has 0 atom stereocenters. The molecular weight excluding hydrogens is 460 g/mol. The summed E-state index contributed by atoms with van der Waals surface area (Å²) in [4.78, 5) is 17.9. The molecule has 0 saturated carbocycles. The van der Waals surface area contributed by atoms with Crippen LogP contribution in [0.25, 0.3) is 11.3 Å². The molecule has 170 valence electrons. The number of sulfonamides is 1. The summed E-state index contributed by atoms with van der Waals surface area (Å²) in [6, 6.07) is 11.4. The van der Waals surface area contributed by atoms with Gasteiger partial charge in [0.25, 0.3) is 5.91 Å². The zero-order chi connectivity index (χ0) is 23.5. The first-order chi connectivity index (χ1) is 15.0. The van der Waals surface area contributed by atoms with Crippen LogP contribution in [0.4, 0.5) is 13.9 Å². The van der Waals surface area contributed by atoms with Crippen molar-refractivity contribution in [3.8, 4) is 17.0 Å². The Labute approximate surface area is 188 Å². The molecule has 0 aliphatic rings. The number of rotatable bonds is 8. The van der Waals surface area contributed by atoms with E-state index in [0.29, 0.717) is 16.4 Å². The Bertz CT molecular complexity index is 1210. The number of aryl methyl sites for hydroxylation is 1. The first-order valence-electron chi connectivity index (χ1n) is 9.51. The minimum Gasteiger partial charge on any atom is -0.435 e. The number of amides is 1. The summed E-state index contributed by atoms with van der Waals surface area (Å²) in [6.45, 7) is 2.32. The van der Waals surface area contributed by atoms with Gasteiger partial charge in [0, 0.05) is 22.0 Å². The summed E-state index contributed by atoms with van der Waals surface area (Å²) in [7, 11) is -3.74. The number of alkyl halides is 2. The molecule has 1 amide bonds. The van der Waals surface area contributed by atoms with Crippen molar-refractivity contribution in [3.05, 3.63) is 59.0 Å². The van der Waals surface area contributed by atoms with Crippen LogP contribution in [0.3, 0.4) is 0 Å². The molecule has 3 rings (SSSR count). The SMILES string of the molecule is Cc1sc(NC(=O)c2cccc(S(=O)(=O)NC(C)C)c2)nc1-c1ccc(OC(F)F)cc1. The van der Waals surface area contributed by atoms with Crippen LogP contribution in [0.2, 0.25) is 0 Å². The van der Waals surface area contributed by atoms with Gasteiger partial charge >= 0.3 is 6.61 Å². The molecular formula is C21H21F2N3O4S2. The van der Waals surface area contributed by atoms with Gasteiger partial charge in [-0.2, -0.15) is 8.78 Å². The minimum absolute atomic E-state index is 0.0130. The number of hydrogen-bond donors (Lipinski definition) is 2. The molecule has 0 unspecified atom stereocenters. The summed E-state index contributed by atoms with van der Waals surface area (Å²) in [5, 5.41) is 3.00. The summed E-state index contributed by atoms with van der Waals surface area (Å²) in [6.07, 6.45) is 0. The molecule has 0 aliphatic carbocycles. The lowest BCUT2D eigenvalue weighted by Crippen LogP contribution is -2.30. The van der Waals surface area contributed by atoms with E-state index >= 15 is 0 Å². The summed E-state index contributed by atoms with van der Waals surface area (Å²) >= 11 is 1.24. The fourth-order valence-corrected chi connectivity index (χ4v) is 4.99. The van der Waals surface area contributed by atoms with E-state index in [1.54, 1.807) is 26.0 Å². The second-order valence-electron chi connectivity index (χ2n) is 7.08. The smallest absolute Gasteiger partial charge is 0.387 e. The molecule has 2 aromatic carbocycles. The largest absolute Gasteiger partial charge is 0.435 e. The average Bonchev–Trinajstić information content (AvgIpc) is 3.07. The number of ether oxygens (including phenoxy) is 1. The Balaban J connectivity index is 1.78. The standard InChI is InChI=1S/C21H21F2N3O4S2/c1-12(2)26-32(28,29)17-6-4-5-15(11-17)19(27)25-21-24-18(13(3)31-21)14-7-9-16(10-8-14)30-20(22)23/h4-12,20,26H,1-3H3,(H,24,25,27). The number of anilines is 1. The number of nitrogens with one attached hydrogen (secondary N) is 2. The normalized spacial score (nSPS) is 11.7. The molecule has 32 heavy (non-hydrogen) atoms. The van der Waals surface area contributed by atoms with Gasteiger partial charge in [0.2, 0.25) is 10.0 Å². The van der Waals surface area contributed by atoms with Crippen molar-refractivity contribution in [2.45, 2.75) is 38.3 Å². The van der Waals surface area contributed by atoms with Gasteiger partial charge in [-0.05, 0) is 63.2 Å². The third kappa shape index (κ3) is 5.87. The molecule has 1 heterocycles. The maximum absolute atomic E-state index is 12.7. The lowest BCUT2D eigenvalue weighted by molar-refractivity contribution is -0.0498. The van der Waals surface area contributed by atoms with Crippen molar-refractivity contribution in [1.29, 1.82) is 0 Å². The van der Waals surface area contributed by atoms with Crippen LogP contribution in [0, 0.1) is 6.92 Å². The van der Waals surface area contributed by atoms with Crippen LogP contribution in [-0.2, 0) is 10.0 Å². The molecule has 0 fully saturated rings. The Kier molecular flexibility index (Phi) is 7.22. The zero-order valence-electron chi connectivity index (χ0n) is 17.4. The molecule has 2 N–H and O–H groups in total. The number of carbonyl (C=O) groups excluding carboxylic acids is 1. The van der Waals surface area contributed by atoms with Gasteiger partial charge in [-0.1, -0.05) is 6.07 Å². The van der Waals surface area contributed by atoms with E-state index in [4.69, 9.17) is 0 Å². The van der Waals surface area contributed by atoms with Gasteiger partial charge in [0.05, 0.1) is 10.6 Å². The quantitative estimate of drug-likeness (QED) is 0.488. The number of benzene rings is 2. The lowest BCUT2D eigenvalue weighted by Gasteiger charge is -2.10. The third-order valence-electron chi connectivity index (χ3n) is 4.17. The Morgan fingerprint density at radius 2 is 1.81 bits per heavy atom. The number of halogens is 2. The molecule has 11 heteroatoms. The van der Waals surface area contributed by atoms with E-state index in [0.717, 1.165) is 4.88 Å². The monoisotopic (exact) mass is 481 g/mol. The number of thiazole rings is 1. The van der Waals surface area contributed by atoms with E-state index < -0.39 is 22.5 Å². The van der Waals surface area contributed by atoms with E-state index in [1.165, 1.54) is 47.7 Å².